The Kier molecular flexibility index (Phi) is 3.52. The topological polar surface area (TPSA) is 49.3 Å². The quantitative estimate of drug-likeness (QED) is 0.828. The molecule has 4 heteroatoms. The maximum Gasteiger partial charge on any atom is 0.310 e. The molecule has 1 rings (SSSR count). The van der Waals surface area contributed by atoms with E-state index in [1.807, 2.05) is 0 Å². The van der Waals surface area contributed by atoms with E-state index >= 15 is 0 Å². The number of carboxylic acids is 1. The number of aryl methyl sites for hydroxylation is 1. The van der Waals surface area contributed by atoms with Crippen LogP contribution in [0.3, 0.4) is 0 Å². The highest BCUT2D eigenvalue weighted by atomic mass is 19.1. The van der Waals surface area contributed by atoms with Gasteiger partial charge in [-0.05, 0) is 32.4 Å². The van der Waals surface area contributed by atoms with E-state index in [2.05, 4.69) is 5.32 Å². The third-order valence-electron chi connectivity index (χ3n) is 2.51. The fourth-order valence-corrected chi connectivity index (χ4v) is 1.24. The van der Waals surface area contributed by atoms with Gasteiger partial charge in [-0.1, -0.05) is 12.1 Å². The van der Waals surface area contributed by atoms with Gasteiger partial charge in [-0.15, -0.1) is 0 Å². The highest BCUT2D eigenvalue weighted by molar-refractivity contribution is 5.74. The first-order chi connectivity index (χ1) is 7.34. The molecule has 3 nitrogen and oxygen atoms in total. The molecule has 0 aliphatic carbocycles. The first-order valence-electron chi connectivity index (χ1n) is 5.07. The van der Waals surface area contributed by atoms with E-state index < -0.39 is 11.4 Å². The molecule has 0 fully saturated rings. The number of hydrogen-bond donors (Lipinski definition) is 2. The number of anilines is 1. The maximum atomic E-state index is 13.4. The summed E-state index contributed by atoms with van der Waals surface area (Å²) in [6.45, 7) is 5.15. The normalized spacial score (nSPS) is 11.2. The van der Waals surface area contributed by atoms with Crippen LogP contribution in [0.1, 0.15) is 19.4 Å². The zero-order valence-corrected chi connectivity index (χ0v) is 9.67. The second-order valence-electron chi connectivity index (χ2n) is 4.47. The number of nitrogens with one attached hydrogen (secondary N) is 1. The van der Waals surface area contributed by atoms with E-state index in [0.29, 0.717) is 5.69 Å². The molecule has 1 aromatic carbocycles. The molecule has 0 radical (unpaired) electrons. The van der Waals surface area contributed by atoms with Gasteiger partial charge in [0.25, 0.3) is 0 Å². The summed E-state index contributed by atoms with van der Waals surface area (Å²) in [5, 5.41) is 11.8. The Morgan fingerprint density at radius 1 is 1.50 bits per heavy atom. The molecule has 0 spiro atoms. The van der Waals surface area contributed by atoms with E-state index in [-0.39, 0.29) is 12.4 Å². The van der Waals surface area contributed by atoms with Crippen molar-refractivity contribution in [3.8, 4) is 0 Å². The SMILES string of the molecule is Cc1cccc(F)c1NCC(C)(C)C(=O)O. The van der Waals surface area contributed by atoms with Crippen molar-refractivity contribution in [2.45, 2.75) is 20.8 Å². The molecule has 0 bridgehead atoms. The fourth-order valence-electron chi connectivity index (χ4n) is 1.24. The molecule has 1 aromatic rings. The van der Waals surface area contributed by atoms with Crippen molar-refractivity contribution in [2.75, 3.05) is 11.9 Å². The van der Waals surface area contributed by atoms with Gasteiger partial charge in [0.15, 0.2) is 0 Å². The molecule has 88 valence electrons. The predicted molar refractivity (Wildman–Crippen MR) is 61.0 cm³/mol. The minimum Gasteiger partial charge on any atom is -0.481 e. The second kappa shape index (κ2) is 4.51. The van der Waals surface area contributed by atoms with Crippen LogP contribution in [0.5, 0.6) is 0 Å². The van der Waals surface area contributed by atoms with Gasteiger partial charge in [-0.2, -0.15) is 0 Å². The second-order valence-corrected chi connectivity index (χ2v) is 4.47. The smallest absolute Gasteiger partial charge is 0.310 e. The lowest BCUT2D eigenvalue weighted by atomic mass is 9.93. The number of carboxylic acid groups (broad SMARTS) is 1. The van der Waals surface area contributed by atoms with Crippen molar-refractivity contribution in [3.63, 3.8) is 0 Å². The number of aliphatic carboxylic acids is 1. The molecule has 2 N–H and O–H groups in total. The van der Waals surface area contributed by atoms with Crippen LogP contribution in [0.15, 0.2) is 18.2 Å². The van der Waals surface area contributed by atoms with Crippen molar-refractivity contribution in [1.82, 2.24) is 0 Å². The van der Waals surface area contributed by atoms with Crippen LogP contribution in [0.25, 0.3) is 0 Å². The molecule has 0 saturated heterocycles. The minimum absolute atomic E-state index is 0.185. The largest absolute Gasteiger partial charge is 0.481 e. The van der Waals surface area contributed by atoms with Crippen molar-refractivity contribution in [1.29, 1.82) is 0 Å². The molecular weight excluding hydrogens is 209 g/mol. The molecule has 0 aromatic heterocycles. The van der Waals surface area contributed by atoms with E-state index in [4.69, 9.17) is 5.11 Å². The lowest BCUT2D eigenvalue weighted by Gasteiger charge is -2.21. The average molecular weight is 225 g/mol. The average Bonchev–Trinajstić information content (AvgIpc) is 2.16. The third-order valence-corrected chi connectivity index (χ3v) is 2.51. The molecule has 0 unspecified atom stereocenters. The molecule has 0 aliphatic heterocycles. The van der Waals surface area contributed by atoms with Gasteiger partial charge in [0.1, 0.15) is 5.82 Å². The molecule has 0 heterocycles. The van der Waals surface area contributed by atoms with Gasteiger partial charge in [-0.3, -0.25) is 4.79 Å². The number of halogens is 1. The molecule has 0 saturated carbocycles. The van der Waals surface area contributed by atoms with Crippen LogP contribution in [0, 0.1) is 18.2 Å². The lowest BCUT2D eigenvalue weighted by Crippen LogP contribution is -2.32. The zero-order chi connectivity index (χ0) is 12.3. The predicted octanol–water partition coefficient (Wildman–Crippen LogP) is 2.66. The van der Waals surface area contributed by atoms with Crippen LogP contribution in [-0.4, -0.2) is 17.6 Å². The van der Waals surface area contributed by atoms with Crippen molar-refractivity contribution in [3.05, 3.63) is 29.6 Å². The summed E-state index contributed by atoms with van der Waals surface area (Å²) in [7, 11) is 0. The Labute approximate surface area is 94.3 Å². The molecule has 0 aliphatic rings. The van der Waals surface area contributed by atoms with Crippen LogP contribution in [0.2, 0.25) is 0 Å². The summed E-state index contributed by atoms with van der Waals surface area (Å²) in [6.07, 6.45) is 0. The third kappa shape index (κ3) is 2.72. The summed E-state index contributed by atoms with van der Waals surface area (Å²) < 4.78 is 13.4. The fraction of sp³-hybridized carbons (Fsp3) is 0.417. The van der Waals surface area contributed by atoms with Crippen LogP contribution < -0.4 is 5.32 Å². The first-order valence-corrected chi connectivity index (χ1v) is 5.07. The van der Waals surface area contributed by atoms with Gasteiger partial charge in [0.05, 0.1) is 11.1 Å². The summed E-state index contributed by atoms with van der Waals surface area (Å²) in [5.74, 6) is -1.27. The van der Waals surface area contributed by atoms with Gasteiger partial charge < -0.3 is 10.4 Å². The Balaban J connectivity index is 2.79. The van der Waals surface area contributed by atoms with Crippen molar-refractivity contribution < 1.29 is 14.3 Å². The Bertz CT molecular complexity index is 382. The molecular formula is C12H16FNO2. The molecule has 0 amide bonds. The molecule has 0 atom stereocenters. The monoisotopic (exact) mass is 225 g/mol. The standard InChI is InChI=1S/C12H16FNO2/c1-8-5-4-6-9(13)10(8)14-7-12(2,3)11(15)16/h4-6,14H,7H2,1-3H3,(H,15,16). The number of para-hydroxylation sites is 1. The highest BCUT2D eigenvalue weighted by Crippen LogP contribution is 2.22. The van der Waals surface area contributed by atoms with Gasteiger partial charge >= 0.3 is 5.97 Å². The Morgan fingerprint density at radius 3 is 2.62 bits per heavy atom. The number of carbonyl (C=O) groups is 1. The number of benzene rings is 1. The highest BCUT2D eigenvalue weighted by Gasteiger charge is 2.27. The minimum atomic E-state index is -0.922. The van der Waals surface area contributed by atoms with Crippen LogP contribution >= 0.6 is 0 Å². The van der Waals surface area contributed by atoms with Gasteiger partial charge in [0, 0.05) is 6.54 Å². The van der Waals surface area contributed by atoms with E-state index in [1.165, 1.54) is 6.07 Å². The summed E-state index contributed by atoms with van der Waals surface area (Å²) >= 11 is 0. The Morgan fingerprint density at radius 2 is 2.12 bits per heavy atom. The van der Waals surface area contributed by atoms with Crippen LogP contribution in [-0.2, 0) is 4.79 Å². The maximum absolute atomic E-state index is 13.4. The van der Waals surface area contributed by atoms with Crippen LogP contribution in [0.4, 0.5) is 10.1 Å². The Hall–Kier alpha value is -1.58. The number of rotatable bonds is 4. The molecule has 16 heavy (non-hydrogen) atoms. The first kappa shape index (κ1) is 12.5. The number of hydrogen-bond acceptors (Lipinski definition) is 2. The zero-order valence-electron chi connectivity index (χ0n) is 9.67. The van der Waals surface area contributed by atoms with Gasteiger partial charge in [0.2, 0.25) is 0 Å². The van der Waals surface area contributed by atoms with Crippen molar-refractivity contribution >= 4 is 11.7 Å². The van der Waals surface area contributed by atoms with E-state index in [1.54, 1.807) is 32.9 Å². The lowest BCUT2D eigenvalue weighted by molar-refractivity contribution is -0.146. The summed E-state index contributed by atoms with van der Waals surface area (Å²) in [6, 6.07) is 4.75. The van der Waals surface area contributed by atoms with E-state index in [9.17, 15) is 9.18 Å². The van der Waals surface area contributed by atoms with Crippen molar-refractivity contribution in [2.24, 2.45) is 5.41 Å². The summed E-state index contributed by atoms with van der Waals surface area (Å²) in [5.41, 5.74) is 0.215. The summed E-state index contributed by atoms with van der Waals surface area (Å²) in [4.78, 5) is 10.9. The van der Waals surface area contributed by atoms with E-state index in [0.717, 1.165) is 5.56 Å². The van der Waals surface area contributed by atoms with Gasteiger partial charge in [-0.25, -0.2) is 4.39 Å².